The molecule has 1 aromatic heterocycles. The van der Waals surface area contributed by atoms with Gasteiger partial charge in [0, 0.05) is 5.69 Å². The molecule has 5 heteroatoms. The van der Waals surface area contributed by atoms with Crippen molar-refractivity contribution < 1.29 is 4.74 Å². The van der Waals surface area contributed by atoms with Crippen LogP contribution in [0, 0.1) is 11.3 Å². The SMILES string of the molecule is COc1ccc(-n2c(N)nc3ccc(C#N)cc32)cc1. The highest BCUT2D eigenvalue weighted by molar-refractivity contribution is 5.82. The molecule has 0 aliphatic carbocycles. The third-order valence-electron chi connectivity index (χ3n) is 3.14. The molecular weight excluding hydrogens is 252 g/mol. The van der Waals surface area contributed by atoms with E-state index in [1.54, 1.807) is 25.3 Å². The summed E-state index contributed by atoms with van der Waals surface area (Å²) in [5.74, 6) is 1.16. The molecule has 2 aromatic carbocycles. The van der Waals surface area contributed by atoms with Crippen LogP contribution >= 0.6 is 0 Å². The molecule has 98 valence electrons. The number of hydrogen-bond donors (Lipinski definition) is 1. The number of benzene rings is 2. The van der Waals surface area contributed by atoms with Gasteiger partial charge in [-0.2, -0.15) is 5.26 Å². The second-order valence-electron chi connectivity index (χ2n) is 4.32. The Labute approximate surface area is 115 Å². The number of hydrogen-bond acceptors (Lipinski definition) is 4. The molecule has 3 aromatic rings. The van der Waals surface area contributed by atoms with Crippen LogP contribution < -0.4 is 10.5 Å². The number of ether oxygens (including phenoxy) is 1. The fourth-order valence-corrected chi connectivity index (χ4v) is 2.17. The number of rotatable bonds is 2. The Morgan fingerprint density at radius 1 is 1.20 bits per heavy atom. The molecule has 0 radical (unpaired) electrons. The summed E-state index contributed by atoms with van der Waals surface area (Å²) in [4.78, 5) is 4.31. The number of fused-ring (bicyclic) bond motifs is 1. The van der Waals surface area contributed by atoms with Crippen LogP contribution in [0.5, 0.6) is 5.75 Å². The number of methoxy groups -OCH3 is 1. The number of nitrogens with two attached hydrogens (primary N) is 1. The van der Waals surface area contributed by atoms with Crippen LogP contribution in [0.4, 0.5) is 5.95 Å². The first-order valence-electron chi connectivity index (χ1n) is 6.05. The van der Waals surface area contributed by atoms with Crippen molar-refractivity contribution in [3.8, 4) is 17.5 Å². The van der Waals surface area contributed by atoms with Gasteiger partial charge in [-0.05, 0) is 42.5 Å². The molecule has 5 nitrogen and oxygen atoms in total. The second-order valence-corrected chi connectivity index (χ2v) is 4.32. The predicted molar refractivity (Wildman–Crippen MR) is 76.7 cm³/mol. The predicted octanol–water partition coefficient (Wildman–Crippen LogP) is 2.49. The van der Waals surface area contributed by atoms with Crippen molar-refractivity contribution in [2.75, 3.05) is 12.8 Å². The third-order valence-corrected chi connectivity index (χ3v) is 3.14. The Kier molecular flexibility index (Phi) is 2.77. The molecule has 0 aliphatic rings. The van der Waals surface area contributed by atoms with Gasteiger partial charge < -0.3 is 10.5 Å². The highest BCUT2D eigenvalue weighted by atomic mass is 16.5. The van der Waals surface area contributed by atoms with Gasteiger partial charge in [-0.3, -0.25) is 4.57 Å². The maximum atomic E-state index is 9.01. The normalized spacial score (nSPS) is 10.4. The van der Waals surface area contributed by atoms with Crippen molar-refractivity contribution in [3.05, 3.63) is 48.0 Å². The van der Waals surface area contributed by atoms with Crippen molar-refractivity contribution >= 4 is 17.0 Å². The number of nitrogen functional groups attached to an aromatic ring is 1. The van der Waals surface area contributed by atoms with Crippen molar-refractivity contribution in [3.63, 3.8) is 0 Å². The molecule has 0 bridgehead atoms. The summed E-state index contributed by atoms with van der Waals surface area (Å²) in [5, 5.41) is 9.01. The molecule has 0 saturated heterocycles. The topological polar surface area (TPSA) is 76.9 Å². The van der Waals surface area contributed by atoms with Gasteiger partial charge in [0.25, 0.3) is 0 Å². The van der Waals surface area contributed by atoms with Gasteiger partial charge in [-0.25, -0.2) is 4.98 Å². The van der Waals surface area contributed by atoms with Gasteiger partial charge in [0.1, 0.15) is 5.75 Å². The van der Waals surface area contributed by atoms with E-state index in [-0.39, 0.29) is 0 Å². The lowest BCUT2D eigenvalue weighted by atomic mass is 10.2. The Bertz CT molecular complexity index is 812. The monoisotopic (exact) mass is 264 g/mol. The van der Waals surface area contributed by atoms with Crippen molar-refractivity contribution in [1.82, 2.24) is 9.55 Å². The van der Waals surface area contributed by atoms with Crippen LogP contribution in [0.25, 0.3) is 16.7 Å². The Morgan fingerprint density at radius 2 is 1.95 bits per heavy atom. The first-order chi connectivity index (χ1) is 9.72. The molecule has 3 rings (SSSR count). The third kappa shape index (κ3) is 1.84. The highest BCUT2D eigenvalue weighted by Crippen LogP contribution is 2.25. The van der Waals surface area contributed by atoms with Crippen LogP contribution in [-0.2, 0) is 0 Å². The smallest absolute Gasteiger partial charge is 0.205 e. The number of nitrogens with zero attached hydrogens (tertiary/aromatic N) is 3. The number of imidazole rings is 1. The maximum absolute atomic E-state index is 9.01. The Balaban J connectivity index is 2.23. The molecular formula is C15H12N4O. The van der Waals surface area contributed by atoms with Crippen molar-refractivity contribution in [2.45, 2.75) is 0 Å². The van der Waals surface area contributed by atoms with E-state index in [0.717, 1.165) is 22.5 Å². The van der Waals surface area contributed by atoms with Crippen LogP contribution in [0.1, 0.15) is 5.56 Å². The zero-order valence-corrected chi connectivity index (χ0v) is 10.9. The summed E-state index contributed by atoms with van der Waals surface area (Å²) in [6.45, 7) is 0. The Morgan fingerprint density at radius 3 is 2.60 bits per heavy atom. The zero-order valence-electron chi connectivity index (χ0n) is 10.9. The molecule has 0 aliphatic heterocycles. The molecule has 0 atom stereocenters. The fourth-order valence-electron chi connectivity index (χ4n) is 2.17. The van der Waals surface area contributed by atoms with Gasteiger partial charge in [-0.15, -0.1) is 0 Å². The van der Waals surface area contributed by atoms with E-state index in [0.29, 0.717) is 11.5 Å². The summed E-state index contributed by atoms with van der Waals surface area (Å²) in [6.07, 6.45) is 0. The van der Waals surface area contributed by atoms with E-state index in [9.17, 15) is 0 Å². The van der Waals surface area contributed by atoms with E-state index < -0.39 is 0 Å². The molecule has 20 heavy (non-hydrogen) atoms. The maximum Gasteiger partial charge on any atom is 0.205 e. The van der Waals surface area contributed by atoms with E-state index in [4.69, 9.17) is 15.7 Å². The summed E-state index contributed by atoms with van der Waals surface area (Å²) in [7, 11) is 1.62. The lowest BCUT2D eigenvalue weighted by Crippen LogP contribution is -2.00. The van der Waals surface area contributed by atoms with Crippen LogP contribution in [-0.4, -0.2) is 16.7 Å². The molecule has 1 heterocycles. The first-order valence-corrected chi connectivity index (χ1v) is 6.05. The number of anilines is 1. The summed E-state index contributed by atoms with van der Waals surface area (Å²) >= 11 is 0. The standard InChI is InChI=1S/C15H12N4O/c1-20-12-5-3-11(4-6-12)19-14-8-10(9-16)2-7-13(14)18-15(19)17/h2-8H,1H3,(H2,17,18). The second kappa shape index (κ2) is 4.59. The average molecular weight is 264 g/mol. The van der Waals surface area contributed by atoms with Crippen molar-refractivity contribution in [2.24, 2.45) is 0 Å². The number of aromatic nitrogens is 2. The van der Waals surface area contributed by atoms with Crippen molar-refractivity contribution in [1.29, 1.82) is 5.26 Å². The summed E-state index contributed by atoms with van der Waals surface area (Å²) < 4.78 is 6.96. The van der Waals surface area contributed by atoms with E-state index in [1.807, 2.05) is 28.8 Å². The molecule has 2 N–H and O–H groups in total. The molecule has 0 fully saturated rings. The Hall–Kier alpha value is -3.00. The van der Waals surface area contributed by atoms with Gasteiger partial charge in [0.15, 0.2) is 0 Å². The molecule has 0 spiro atoms. The summed E-state index contributed by atoms with van der Waals surface area (Å²) in [5.41, 5.74) is 9.01. The quantitative estimate of drug-likeness (QED) is 0.771. The van der Waals surface area contributed by atoms with Gasteiger partial charge in [0.05, 0.1) is 29.8 Å². The molecule has 0 saturated carbocycles. The lowest BCUT2D eigenvalue weighted by molar-refractivity contribution is 0.415. The average Bonchev–Trinajstić information content (AvgIpc) is 2.82. The van der Waals surface area contributed by atoms with Crippen LogP contribution in [0.2, 0.25) is 0 Å². The minimum Gasteiger partial charge on any atom is -0.497 e. The lowest BCUT2D eigenvalue weighted by Gasteiger charge is -2.07. The highest BCUT2D eigenvalue weighted by Gasteiger charge is 2.10. The van der Waals surface area contributed by atoms with E-state index in [2.05, 4.69) is 11.1 Å². The van der Waals surface area contributed by atoms with Gasteiger partial charge in [-0.1, -0.05) is 0 Å². The van der Waals surface area contributed by atoms with Crippen LogP contribution in [0.3, 0.4) is 0 Å². The van der Waals surface area contributed by atoms with E-state index >= 15 is 0 Å². The molecule has 0 amide bonds. The largest absolute Gasteiger partial charge is 0.497 e. The summed E-state index contributed by atoms with van der Waals surface area (Å²) in [6, 6.07) is 14.9. The minimum atomic E-state index is 0.389. The van der Waals surface area contributed by atoms with Gasteiger partial charge in [0.2, 0.25) is 5.95 Å². The fraction of sp³-hybridized carbons (Fsp3) is 0.0667. The minimum absolute atomic E-state index is 0.389. The first kappa shape index (κ1) is 12.1. The van der Waals surface area contributed by atoms with E-state index in [1.165, 1.54) is 0 Å². The zero-order chi connectivity index (χ0) is 14.1. The van der Waals surface area contributed by atoms with Crippen LogP contribution in [0.15, 0.2) is 42.5 Å². The number of nitriles is 1. The van der Waals surface area contributed by atoms with Gasteiger partial charge >= 0.3 is 0 Å². The molecule has 0 unspecified atom stereocenters.